The van der Waals surface area contributed by atoms with Crippen LogP contribution in [0.2, 0.25) is 0 Å². The van der Waals surface area contributed by atoms with Crippen molar-refractivity contribution in [3.8, 4) is 16.1 Å². The van der Waals surface area contributed by atoms with Crippen molar-refractivity contribution in [1.82, 2.24) is 34.3 Å². The van der Waals surface area contributed by atoms with Gasteiger partial charge in [-0.25, -0.2) is 9.20 Å². The van der Waals surface area contributed by atoms with E-state index in [1.54, 1.807) is 53.2 Å². The van der Waals surface area contributed by atoms with E-state index in [1.165, 1.54) is 11.3 Å². The zero-order chi connectivity index (χ0) is 27.1. The lowest BCUT2D eigenvalue weighted by Crippen LogP contribution is -2.54. The van der Waals surface area contributed by atoms with Crippen LogP contribution >= 0.6 is 11.3 Å². The van der Waals surface area contributed by atoms with Gasteiger partial charge in [0.15, 0.2) is 0 Å². The second-order valence-corrected chi connectivity index (χ2v) is 11.5. The summed E-state index contributed by atoms with van der Waals surface area (Å²) < 4.78 is 3.44. The summed E-state index contributed by atoms with van der Waals surface area (Å²) in [5.74, 6) is -0.412. The number of anilines is 2. The first kappa shape index (κ1) is 24.9. The summed E-state index contributed by atoms with van der Waals surface area (Å²) in [4.78, 5) is 38.0. The van der Waals surface area contributed by atoms with Crippen LogP contribution in [0.15, 0.2) is 61.6 Å². The number of pyridine rings is 2. The molecule has 0 saturated carbocycles. The summed E-state index contributed by atoms with van der Waals surface area (Å²) in [7, 11) is 0. The lowest BCUT2D eigenvalue weighted by molar-refractivity contribution is -0.120. The fraction of sp³-hybridized carbons (Fsp3) is 0.259. The highest BCUT2D eigenvalue weighted by atomic mass is 32.1. The number of likely N-dealkylation sites (tertiary alicyclic amines) is 1. The minimum Gasteiger partial charge on any atom is -0.324 e. The minimum absolute atomic E-state index is 0.107. The van der Waals surface area contributed by atoms with Gasteiger partial charge in [0.1, 0.15) is 4.83 Å². The first-order valence-electron chi connectivity index (χ1n) is 12.5. The van der Waals surface area contributed by atoms with Crippen LogP contribution in [-0.2, 0) is 4.79 Å². The van der Waals surface area contributed by atoms with Crippen molar-refractivity contribution in [2.45, 2.75) is 20.8 Å². The van der Waals surface area contributed by atoms with Crippen molar-refractivity contribution in [3.05, 3.63) is 72.8 Å². The molecule has 2 N–H and O–H groups in total. The molecule has 11 nitrogen and oxygen atoms in total. The lowest BCUT2D eigenvalue weighted by Gasteiger charge is -2.45. The molecule has 12 heteroatoms. The van der Waals surface area contributed by atoms with Gasteiger partial charge in [-0.1, -0.05) is 13.8 Å². The number of thiazole rings is 1. The van der Waals surface area contributed by atoms with E-state index in [2.05, 4.69) is 49.5 Å². The SMILES string of the molecule is Cc1ncc(NC(=O)CN2CC(C)(C)C2)cc1NC(=O)c1cnn2cc(-c3cnn(-c4cccnc4)c3)sc12. The molecule has 0 aromatic carbocycles. The van der Waals surface area contributed by atoms with Gasteiger partial charge in [-0.05, 0) is 30.5 Å². The predicted molar refractivity (Wildman–Crippen MR) is 149 cm³/mol. The topological polar surface area (TPSA) is 122 Å². The molecule has 1 saturated heterocycles. The highest BCUT2D eigenvalue weighted by Crippen LogP contribution is 2.31. The maximum Gasteiger partial charge on any atom is 0.260 e. The van der Waals surface area contributed by atoms with E-state index in [0.717, 1.165) is 29.2 Å². The number of aryl methyl sites for hydroxylation is 1. The minimum atomic E-state index is -0.305. The summed E-state index contributed by atoms with van der Waals surface area (Å²) >= 11 is 1.45. The summed E-state index contributed by atoms with van der Waals surface area (Å²) in [5.41, 5.74) is 4.17. The number of carbonyl (C=O) groups is 2. The number of carbonyl (C=O) groups excluding carboxylic acids is 2. The van der Waals surface area contributed by atoms with Crippen LogP contribution in [0.3, 0.4) is 0 Å². The first-order valence-corrected chi connectivity index (χ1v) is 13.3. The zero-order valence-corrected chi connectivity index (χ0v) is 22.6. The molecular formula is C27H27N9O2S. The Balaban J connectivity index is 1.16. The van der Waals surface area contributed by atoms with Gasteiger partial charge in [-0.3, -0.25) is 24.5 Å². The Morgan fingerprint density at radius 1 is 1.08 bits per heavy atom. The van der Waals surface area contributed by atoms with E-state index in [4.69, 9.17) is 0 Å². The number of amides is 2. The number of fused-ring (bicyclic) bond motifs is 1. The molecule has 1 aliphatic rings. The molecule has 6 heterocycles. The van der Waals surface area contributed by atoms with Gasteiger partial charge in [0.25, 0.3) is 5.91 Å². The highest BCUT2D eigenvalue weighted by molar-refractivity contribution is 7.21. The Hall–Kier alpha value is -4.42. The number of hydrogen-bond donors (Lipinski definition) is 2. The summed E-state index contributed by atoms with van der Waals surface area (Å²) in [5, 5.41) is 14.6. The standard InChI is InChI=1S/C27H27N9O2S/c1-17-22(7-19(9-29-17)32-24(37)14-34-15-27(2,3)16-34)33-25(38)21-11-31-36-13-23(39-26(21)36)18-8-30-35(12-18)20-5-4-6-28-10-20/h4-13H,14-16H2,1-3H3,(H,32,37)(H,33,38). The first-order chi connectivity index (χ1) is 18.7. The summed E-state index contributed by atoms with van der Waals surface area (Å²) in [6, 6.07) is 5.51. The fourth-order valence-corrected chi connectivity index (χ4v) is 5.79. The Bertz CT molecular complexity index is 1680. The largest absolute Gasteiger partial charge is 0.324 e. The van der Waals surface area contributed by atoms with E-state index in [-0.39, 0.29) is 17.2 Å². The Morgan fingerprint density at radius 3 is 2.69 bits per heavy atom. The van der Waals surface area contributed by atoms with Gasteiger partial charge in [-0.15, -0.1) is 11.3 Å². The monoisotopic (exact) mass is 541 g/mol. The molecule has 0 aliphatic carbocycles. The van der Waals surface area contributed by atoms with E-state index in [9.17, 15) is 9.59 Å². The quantitative estimate of drug-likeness (QED) is 0.321. The van der Waals surface area contributed by atoms with Gasteiger partial charge in [-0.2, -0.15) is 10.2 Å². The molecule has 0 bridgehead atoms. The van der Waals surface area contributed by atoms with Gasteiger partial charge in [0.05, 0.1) is 64.5 Å². The van der Waals surface area contributed by atoms with Gasteiger partial charge >= 0.3 is 0 Å². The number of nitrogens with zero attached hydrogens (tertiary/aromatic N) is 7. The fourth-order valence-electron chi connectivity index (χ4n) is 4.75. The van der Waals surface area contributed by atoms with Crippen LogP contribution in [-0.4, -0.2) is 65.7 Å². The maximum atomic E-state index is 13.3. The van der Waals surface area contributed by atoms with Crippen molar-refractivity contribution in [2.24, 2.45) is 5.41 Å². The van der Waals surface area contributed by atoms with Crippen LogP contribution in [0, 0.1) is 12.3 Å². The molecule has 1 aliphatic heterocycles. The number of aromatic nitrogens is 6. The molecule has 198 valence electrons. The van der Waals surface area contributed by atoms with Crippen LogP contribution in [0.1, 0.15) is 29.9 Å². The number of nitrogens with one attached hydrogen (secondary N) is 2. The average Bonchev–Trinajstić information content (AvgIpc) is 3.61. The number of hydrogen-bond acceptors (Lipinski definition) is 8. The van der Waals surface area contributed by atoms with Crippen molar-refractivity contribution in [2.75, 3.05) is 30.3 Å². The van der Waals surface area contributed by atoms with Gasteiger partial charge in [0, 0.05) is 37.2 Å². The van der Waals surface area contributed by atoms with Crippen LogP contribution in [0.5, 0.6) is 0 Å². The molecule has 0 radical (unpaired) electrons. The third kappa shape index (κ3) is 5.16. The van der Waals surface area contributed by atoms with Crippen LogP contribution in [0.25, 0.3) is 21.0 Å². The molecule has 5 aromatic rings. The smallest absolute Gasteiger partial charge is 0.260 e. The van der Waals surface area contributed by atoms with Crippen LogP contribution < -0.4 is 10.6 Å². The molecule has 0 unspecified atom stereocenters. The summed E-state index contributed by atoms with van der Waals surface area (Å²) in [6.07, 6.45) is 12.2. The van der Waals surface area contributed by atoms with Crippen molar-refractivity contribution in [1.29, 1.82) is 0 Å². The average molecular weight is 542 g/mol. The highest BCUT2D eigenvalue weighted by Gasteiger charge is 2.34. The van der Waals surface area contributed by atoms with Crippen molar-refractivity contribution in [3.63, 3.8) is 0 Å². The van der Waals surface area contributed by atoms with E-state index >= 15 is 0 Å². The molecule has 1 fully saturated rings. The Morgan fingerprint density at radius 2 is 1.92 bits per heavy atom. The van der Waals surface area contributed by atoms with Crippen molar-refractivity contribution < 1.29 is 9.59 Å². The van der Waals surface area contributed by atoms with E-state index in [1.807, 2.05) is 24.5 Å². The Kier molecular flexibility index (Phi) is 6.20. The molecule has 6 rings (SSSR count). The Labute approximate surface area is 228 Å². The third-order valence-corrected chi connectivity index (χ3v) is 7.67. The normalized spacial score (nSPS) is 14.7. The lowest BCUT2D eigenvalue weighted by atomic mass is 9.84. The molecule has 5 aromatic heterocycles. The number of rotatable bonds is 7. The molecule has 0 atom stereocenters. The molecule has 39 heavy (non-hydrogen) atoms. The molecule has 0 spiro atoms. The van der Waals surface area contributed by atoms with Crippen molar-refractivity contribution >= 4 is 39.4 Å². The van der Waals surface area contributed by atoms with E-state index < -0.39 is 0 Å². The van der Waals surface area contributed by atoms with Crippen LogP contribution in [0.4, 0.5) is 11.4 Å². The van der Waals surface area contributed by atoms with Gasteiger partial charge in [0.2, 0.25) is 5.91 Å². The predicted octanol–water partition coefficient (Wildman–Crippen LogP) is 3.88. The summed E-state index contributed by atoms with van der Waals surface area (Å²) in [6.45, 7) is 8.29. The zero-order valence-electron chi connectivity index (χ0n) is 21.8. The molecular weight excluding hydrogens is 514 g/mol. The second kappa shape index (κ2) is 9.71. The van der Waals surface area contributed by atoms with E-state index in [0.29, 0.717) is 34.0 Å². The second-order valence-electron chi connectivity index (χ2n) is 10.5. The maximum absolute atomic E-state index is 13.3. The van der Waals surface area contributed by atoms with Gasteiger partial charge < -0.3 is 10.6 Å². The third-order valence-electron chi connectivity index (χ3n) is 6.51. The molecule has 2 amide bonds.